The number of hydrogen-bond donors (Lipinski definition) is 2. The van der Waals surface area contributed by atoms with Gasteiger partial charge in [-0.15, -0.1) is 0 Å². The van der Waals surface area contributed by atoms with Gasteiger partial charge < -0.3 is 10.4 Å². The van der Waals surface area contributed by atoms with Crippen molar-refractivity contribution in [2.75, 3.05) is 7.05 Å². The molecule has 1 aliphatic carbocycles. The van der Waals surface area contributed by atoms with Crippen molar-refractivity contribution in [3.05, 3.63) is 0 Å². The highest BCUT2D eigenvalue weighted by molar-refractivity contribution is 4.88. The highest BCUT2D eigenvalue weighted by atomic mass is 16.3. The maximum atomic E-state index is 9.46. The molecule has 1 saturated carbocycles. The lowest BCUT2D eigenvalue weighted by Gasteiger charge is -2.15. The molecule has 1 rings (SSSR count). The Labute approximate surface area is 56.3 Å². The van der Waals surface area contributed by atoms with Gasteiger partial charge in [-0.3, -0.25) is 0 Å². The van der Waals surface area contributed by atoms with E-state index in [2.05, 4.69) is 5.32 Å². The molecule has 54 valence electrons. The predicted molar refractivity (Wildman–Crippen MR) is 37.3 cm³/mol. The standard InChI is InChI=1S/C7H15NO/c1-7(9)4-3-6(5-7)8-2/h6,8-9H,3-5H2,1-2H3/t6-,7+/m0/s1. The van der Waals surface area contributed by atoms with Gasteiger partial charge in [-0.25, -0.2) is 0 Å². The normalized spacial score (nSPS) is 43.7. The van der Waals surface area contributed by atoms with Gasteiger partial charge in [-0.1, -0.05) is 0 Å². The number of nitrogens with one attached hydrogen (secondary N) is 1. The SMILES string of the molecule is CN[C@H]1CC[C@@](C)(O)C1. The summed E-state index contributed by atoms with van der Waals surface area (Å²) in [7, 11) is 1.95. The summed E-state index contributed by atoms with van der Waals surface area (Å²) in [4.78, 5) is 0. The van der Waals surface area contributed by atoms with Crippen molar-refractivity contribution in [2.45, 2.75) is 37.8 Å². The molecule has 2 nitrogen and oxygen atoms in total. The highest BCUT2D eigenvalue weighted by Crippen LogP contribution is 2.28. The van der Waals surface area contributed by atoms with E-state index in [1.807, 2.05) is 14.0 Å². The second-order valence-corrected chi connectivity index (χ2v) is 3.23. The fourth-order valence-corrected chi connectivity index (χ4v) is 1.47. The van der Waals surface area contributed by atoms with Gasteiger partial charge in [0.25, 0.3) is 0 Å². The van der Waals surface area contributed by atoms with Gasteiger partial charge in [-0.05, 0) is 33.2 Å². The summed E-state index contributed by atoms with van der Waals surface area (Å²) >= 11 is 0. The molecular formula is C7H15NO. The van der Waals surface area contributed by atoms with E-state index < -0.39 is 5.60 Å². The molecule has 0 bridgehead atoms. The van der Waals surface area contributed by atoms with Gasteiger partial charge in [0.2, 0.25) is 0 Å². The molecule has 0 aromatic heterocycles. The molecule has 1 aliphatic rings. The Balaban J connectivity index is 2.38. The second-order valence-electron chi connectivity index (χ2n) is 3.23. The van der Waals surface area contributed by atoms with Crippen molar-refractivity contribution < 1.29 is 5.11 Å². The molecule has 0 spiro atoms. The lowest BCUT2D eigenvalue weighted by atomic mass is 10.1. The van der Waals surface area contributed by atoms with Crippen LogP contribution in [-0.4, -0.2) is 23.8 Å². The monoisotopic (exact) mass is 129 g/mol. The van der Waals surface area contributed by atoms with Crippen LogP contribution < -0.4 is 5.32 Å². The maximum Gasteiger partial charge on any atom is 0.0635 e. The first-order valence-electron chi connectivity index (χ1n) is 3.54. The van der Waals surface area contributed by atoms with Crippen LogP contribution in [0.3, 0.4) is 0 Å². The Kier molecular flexibility index (Phi) is 1.78. The quantitative estimate of drug-likeness (QED) is 0.540. The van der Waals surface area contributed by atoms with E-state index in [1.165, 1.54) is 0 Å². The zero-order chi connectivity index (χ0) is 6.91. The minimum absolute atomic E-state index is 0.395. The van der Waals surface area contributed by atoms with Crippen LogP contribution in [0, 0.1) is 0 Å². The molecule has 2 heteroatoms. The molecule has 0 radical (unpaired) electrons. The first-order valence-corrected chi connectivity index (χ1v) is 3.54. The molecule has 9 heavy (non-hydrogen) atoms. The minimum Gasteiger partial charge on any atom is -0.390 e. The van der Waals surface area contributed by atoms with Gasteiger partial charge >= 0.3 is 0 Å². The Morgan fingerprint density at radius 3 is 2.56 bits per heavy atom. The van der Waals surface area contributed by atoms with E-state index in [1.54, 1.807) is 0 Å². The molecule has 0 aliphatic heterocycles. The van der Waals surface area contributed by atoms with Crippen molar-refractivity contribution in [1.82, 2.24) is 5.32 Å². The molecule has 0 unspecified atom stereocenters. The van der Waals surface area contributed by atoms with Gasteiger partial charge in [0.1, 0.15) is 0 Å². The Morgan fingerprint density at radius 1 is 1.67 bits per heavy atom. The number of aliphatic hydroxyl groups is 1. The van der Waals surface area contributed by atoms with Gasteiger partial charge in [0.15, 0.2) is 0 Å². The second kappa shape index (κ2) is 2.27. The molecule has 2 N–H and O–H groups in total. The lowest BCUT2D eigenvalue weighted by Crippen LogP contribution is -2.26. The predicted octanol–water partition coefficient (Wildman–Crippen LogP) is 0.509. The van der Waals surface area contributed by atoms with E-state index in [9.17, 15) is 5.11 Å². The summed E-state index contributed by atoms with van der Waals surface area (Å²) in [6.45, 7) is 1.91. The molecule has 0 aromatic rings. The third-order valence-corrected chi connectivity index (χ3v) is 2.13. The van der Waals surface area contributed by atoms with Crippen LogP contribution in [0.15, 0.2) is 0 Å². The van der Waals surface area contributed by atoms with E-state index in [0.29, 0.717) is 6.04 Å². The van der Waals surface area contributed by atoms with Gasteiger partial charge in [0, 0.05) is 6.04 Å². The third kappa shape index (κ3) is 1.66. The molecular weight excluding hydrogens is 114 g/mol. The van der Waals surface area contributed by atoms with Crippen LogP contribution in [-0.2, 0) is 0 Å². The fourth-order valence-electron chi connectivity index (χ4n) is 1.47. The molecule has 0 amide bonds. The Morgan fingerprint density at radius 2 is 2.33 bits per heavy atom. The zero-order valence-electron chi connectivity index (χ0n) is 6.15. The summed E-state index contributed by atoms with van der Waals surface area (Å²) in [5.41, 5.74) is -0.395. The minimum atomic E-state index is -0.395. The van der Waals surface area contributed by atoms with Gasteiger partial charge in [-0.2, -0.15) is 0 Å². The smallest absolute Gasteiger partial charge is 0.0635 e. The summed E-state index contributed by atoms with van der Waals surface area (Å²) < 4.78 is 0. The summed E-state index contributed by atoms with van der Waals surface area (Å²) in [6, 6.07) is 0.542. The van der Waals surface area contributed by atoms with E-state index in [-0.39, 0.29) is 0 Å². The van der Waals surface area contributed by atoms with Crippen LogP contribution in [0.5, 0.6) is 0 Å². The van der Waals surface area contributed by atoms with E-state index >= 15 is 0 Å². The van der Waals surface area contributed by atoms with E-state index in [4.69, 9.17) is 0 Å². The van der Waals surface area contributed by atoms with Crippen LogP contribution in [0.2, 0.25) is 0 Å². The average molecular weight is 129 g/mol. The van der Waals surface area contributed by atoms with Crippen molar-refractivity contribution in [3.8, 4) is 0 Å². The van der Waals surface area contributed by atoms with Crippen molar-refractivity contribution in [2.24, 2.45) is 0 Å². The summed E-state index contributed by atoms with van der Waals surface area (Å²) in [5, 5.41) is 12.6. The molecule has 1 fully saturated rings. The fraction of sp³-hybridized carbons (Fsp3) is 1.00. The van der Waals surface area contributed by atoms with Crippen molar-refractivity contribution >= 4 is 0 Å². The third-order valence-electron chi connectivity index (χ3n) is 2.13. The van der Waals surface area contributed by atoms with E-state index in [0.717, 1.165) is 19.3 Å². The summed E-state index contributed by atoms with van der Waals surface area (Å²) in [5.74, 6) is 0. The number of hydrogen-bond acceptors (Lipinski definition) is 2. The Bertz CT molecular complexity index is 101. The largest absolute Gasteiger partial charge is 0.390 e. The topological polar surface area (TPSA) is 32.3 Å². The van der Waals surface area contributed by atoms with Crippen LogP contribution >= 0.6 is 0 Å². The van der Waals surface area contributed by atoms with Crippen molar-refractivity contribution in [3.63, 3.8) is 0 Å². The van der Waals surface area contributed by atoms with Gasteiger partial charge in [0.05, 0.1) is 5.60 Å². The highest BCUT2D eigenvalue weighted by Gasteiger charge is 2.31. The molecule has 0 saturated heterocycles. The zero-order valence-corrected chi connectivity index (χ0v) is 6.15. The van der Waals surface area contributed by atoms with Crippen LogP contribution in [0.25, 0.3) is 0 Å². The lowest BCUT2D eigenvalue weighted by molar-refractivity contribution is 0.0657. The first kappa shape index (κ1) is 7.03. The molecule has 0 aromatic carbocycles. The van der Waals surface area contributed by atoms with Crippen LogP contribution in [0.1, 0.15) is 26.2 Å². The Hall–Kier alpha value is -0.0800. The maximum absolute atomic E-state index is 9.46. The average Bonchev–Trinajstić information content (AvgIpc) is 2.10. The van der Waals surface area contributed by atoms with Crippen molar-refractivity contribution in [1.29, 1.82) is 0 Å². The first-order chi connectivity index (χ1) is 4.14. The van der Waals surface area contributed by atoms with Crippen LogP contribution in [0.4, 0.5) is 0 Å². The summed E-state index contributed by atoms with van der Waals surface area (Å²) in [6.07, 6.45) is 2.96. The molecule has 0 heterocycles. The molecule has 2 atom stereocenters. The number of rotatable bonds is 1.